The molecule has 2 N–H and O–H groups in total. The van der Waals surface area contributed by atoms with Crippen LogP contribution in [0.2, 0.25) is 0 Å². The zero-order chi connectivity index (χ0) is 12.8. The number of aromatic nitrogens is 1. The average molecular weight is 248 g/mol. The molecular weight excluding hydrogens is 224 g/mol. The lowest BCUT2D eigenvalue weighted by Gasteiger charge is -2.34. The molecule has 1 aromatic heterocycles. The van der Waals surface area contributed by atoms with E-state index in [2.05, 4.69) is 30.7 Å². The quantitative estimate of drug-likeness (QED) is 0.873. The molecule has 0 radical (unpaired) electrons. The molecule has 0 amide bonds. The summed E-state index contributed by atoms with van der Waals surface area (Å²) in [5.41, 5.74) is 9.47. The van der Waals surface area contributed by atoms with Crippen molar-refractivity contribution in [3.05, 3.63) is 23.5 Å². The van der Waals surface area contributed by atoms with Crippen molar-refractivity contribution in [2.24, 2.45) is 17.1 Å². The molecule has 0 spiro atoms. The zero-order valence-corrected chi connectivity index (χ0v) is 11.5. The molecule has 18 heavy (non-hydrogen) atoms. The van der Waals surface area contributed by atoms with Gasteiger partial charge in [0.25, 0.3) is 0 Å². The fourth-order valence-corrected chi connectivity index (χ4v) is 3.47. The number of rotatable bonds is 2. The van der Waals surface area contributed by atoms with Crippen LogP contribution in [-0.2, 0) is 17.7 Å². The van der Waals surface area contributed by atoms with E-state index in [0.29, 0.717) is 11.3 Å². The summed E-state index contributed by atoms with van der Waals surface area (Å²) in [4.78, 5) is 0. The molecule has 0 saturated carbocycles. The van der Waals surface area contributed by atoms with Crippen LogP contribution in [-0.4, -0.2) is 17.8 Å². The van der Waals surface area contributed by atoms with E-state index in [4.69, 9.17) is 10.5 Å². The van der Waals surface area contributed by atoms with Crippen molar-refractivity contribution < 1.29 is 4.74 Å². The van der Waals surface area contributed by atoms with E-state index in [0.717, 1.165) is 32.6 Å². The largest absolute Gasteiger partial charge is 0.381 e. The number of fused-ring (bicyclic) bond motifs is 1. The first-order chi connectivity index (χ1) is 8.55. The van der Waals surface area contributed by atoms with E-state index in [9.17, 15) is 0 Å². The molecule has 1 aliphatic heterocycles. The highest BCUT2D eigenvalue weighted by Crippen LogP contribution is 2.40. The fourth-order valence-electron chi connectivity index (χ4n) is 3.47. The van der Waals surface area contributed by atoms with E-state index >= 15 is 0 Å². The third-order valence-corrected chi connectivity index (χ3v) is 4.41. The minimum Gasteiger partial charge on any atom is -0.381 e. The first-order valence-electron chi connectivity index (χ1n) is 7.06. The second-order valence-electron chi connectivity index (χ2n) is 6.75. The Balaban J connectivity index is 1.84. The molecule has 1 saturated heterocycles. The zero-order valence-electron chi connectivity index (χ0n) is 11.5. The number of hydrogen-bond acceptors (Lipinski definition) is 2. The standard InChI is InChI=1S/C15H24N2O/c1-15(2)7-13(16)12-3-5-17(14(12)8-15)9-11-4-6-18-10-11/h3,5,11,13H,4,6-10,16H2,1-2H3. The molecule has 2 heterocycles. The van der Waals surface area contributed by atoms with Gasteiger partial charge in [-0.3, -0.25) is 0 Å². The molecule has 1 aliphatic carbocycles. The van der Waals surface area contributed by atoms with E-state index < -0.39 is 0 Å². The maximum atomic E-state index is 6.31. The maximum Gasteiger partial charge on any atom is 0.0512 e. The molecule has 3 heteroatoms. The fraction of sp³-hybridized carbons (Fsp3) is 0.733. The van der Waals surface area contributed by atoms with E-state index in [1.54, 1.807) is 0 Å². The van der Waals surface area contributed by atoms with Crippen LogP contribution in [0.25, 0.3) is 0 Å². The molecule has 0 aromatic carbocycles. The summed E-state index contributed by atoms with van der Waals surface area (Å²) in [5, 5.41) is 0. The number of hydrogen-bond donors (Lipinski definition) is 1. The summed E-state index contributed by atoms with van der Waals surface area (Å²) in [7, 11) is 0. The normalized spacial score (nSPS) is 30.4. The molecule has 2 aliphatic rings. The Morgan fingerprint density at radius 3 is 3.06 bits per heavy atom. The lowest BCUT2D eigenvalue weighted by atomic mass is 9.74. The van der Waals surface area contributed by atoms with Gasteiger partial charge in [0.1, 0.15) is 0 Å². The van der Waals surface area contributed by atoms with Gasteiger partial charge in [-0.05, 0) is 36.3 Å². The Morgan fingerprint density at radius 1 is 1.50 bits per heavy atom. The van der Waals surface area contributed by atoms with Crippen molar-refractivity contribution in [2.45, 2.75) is 45.7 Å². The van der Waals surface area contributed by atoms with Gasteiger partial charge in [0, 0.05) is 37.0 Å². The average Bonchev–Trinajstić information content (AvgIpc) is 2.88. The summed E-state index contributed by atoms with van der Waals surface area (Å²) in [6.07, 6.45) is 5.67. The maximum absolute atomic E-state index is 6.31. The van der Waals surface area contributed by atoms with Crippen LogP contribution < -0.4 is 5.73 Å². The molecule has 2 unspecified atom stereocenters. The number of nitrogens with zero attached hydrogens (tertiary/aromatic N) is 1. The molecule has 1 fully saturated rings. The second-order valence-corrected chi connectivity index (χ2v) is 6.75. The predicted molar refractivity (Wildman–Crippen MR) is 72.4 cm³/mol. The highest BCUT2D eigenvalue weighted by atomic mass is 16.5. The molecule has 3 rings (SSSR count). The van der Waals surface area contributed by atoms with Gasteiger partial charge in [0.15, 0.2) is 0 Å². The Labute approximate surface area is 109 Å². The minimum atomic E-state index is 0.213. The monoisotopic (exact) mass is 248 g/mol. The van der Waals surface area contributed by atoms with Crippen molar-refractivity contribution >= 4 is 0 Å². The minimum absolute atomic E-state index is 0.213. The summed E-state index contributed by atoms with van der Waals surface area (Å²) < 4.78 is 7.90. The third-order valence-electron chi connectivity index (χ3n) is 4.41. The highest BCUT2D eigenvalue weighted by Gasteiger charge is 2.32. The highest BCUT2D eigenvalue weighted by molar-refractivity contribution is 5.30. The summed E-state index contributed by atoms with van der Waals surface area (Å²) in [6, 6.07) is 2.44. The SMILES string of the molecule is CC1(C)Cc2c(ccn2CC2CCOC2)C(N)C1. The smallest absolute Gasteiger partial charge is 0.0512 e. The Kier molecular flexibility index (Phi) is 2.99. The molecule has 100 valence electrons. The van der Waals surface area contributed by atoms with Crippen molar-refractivity contribution in [1.82, 2.24) is 4.57 Å². The lowest BCUT2D eigenvalue weighted by Crippen LogP contribution is -2.31. The summed E-state index contributed by atoms with van der Waals surface area (Å²) >= 11 is 0. The lowest BCUT2D eigenvalue weighted by molar-refractivity contribution is 0.181. The van der Waals surface area contributed by atoms with Crippen LogP contribution in [0.1, 0.15) is 44.0 Å². The van der Waals surface area contributed by atoms with Gasteiger partial charge >= 0.3 is 0 Å². The van der Waals surface area contributed by atoms with Crippen LogP contribution in [0.3, 0.4) is 0 Å². The number of ether oxygens (including phenoxy) is 1. The molecular formula is C15H24N2O. The van der Waals surface area contributed by atoms with Gasteiger partial charge in [-0.25, -0.2) is 0 Å². The van der Waals surface area contributed by atoms with Crippen molar-refractivity contribution in [3.63, 3.8) is 0 Å². The van der Waals surface area contributed by atoms with E-state index in [1.165, 1.54) is 17.7 Å². The van der Waals surface area contributed by atoms with Crippen molar-refractivity contribution in [3.8, 4) is 0 Å². The Morgan fingerprint density at radius 2 is 2.33 bits per heavy atom. The molecule has 0 bridgehead atoms. The van der Waals surface area contributed by atoms with Crippen molar-refractivity contribution in [1.29, 1.82) is 0 Å². The van der Waals surface area contributed by atoms with Crippen molar-refractivity contribution in [2.75, 3.05) is 13.2 Å². The van der Waals surface area contributed by atoms with Gasteiger partial charge in [0.05, 0.1) is 6.61 Å². The van der Waals surface area contributed by atoms with Crippen LogP contribution in [0.4, 0.5) is 0 Å². The molecule has 1 aromatic rings. The van der Waals surface area contributed by atoms with Gasteiger partial charge in [-0.1, -0.05) is 13.8 Å². The van der Waals surface area contributed by atoms with Gasteiger partial charge in [-0.2, -0.15) is 0 Å². The number of nitrogens with two attached hydrogens (primary N) is 1. The van der Waals surface area contributed by atoms with Crippen LogP contribution >= 0.6 is 0 Å². The third kappa shape index (κ3) is 2.21. The van der Waals surface area contributed by atoms with Crippen LogP contribution in [0, 0.1) is 11.3 Å². The Bertz CT molecular complexity index is 430. The van der Waals surface area contributed by atoms with Crippen LogP contribution in [0.15, 0.2) is 12.3 Å². The van der Waals surface area contributed by atoms with E-state index in [-0.39, 0.29) is 6.04 Å². The topological polar surface area (TPSA) is 40.2 Å². The van der Waals surface area contributed by atoms with Gasteiger partial charge < -0.3 is 15.0 Å². The predicted octanol–water partition coefficient (Wildman–Crippen LogP) is 2.50. The van der Waals surface area contributed by atoms with Gasteiger partial charge in [0.2, 0.25) is 0 Å². The van der Waals surface area contributed by atoms with Gasteiger partial charge in [-0.15, -0.1) is 0 Å². The summed E-state index contributed by atoms with van der Waals surface area (Å²) in [6.45, 7) is 7.59. The summed E-state index contributed by atoms with van der Waals surface area (Å²) in [5.74, 6) is 0.683. The molecule has 3 nitrogen and oxygen atoms in total. The molecule has 2 atom stereocenters. The first kappa shape index (κ1) is 12.2. The first-order valence-corrected chi connectivity index (χ1v) is 7.06. The van der Waals surface area contributed by atoms with Crippen LogP contribution in [0.5, 0.6) is 0 Å². The second kappa shape index (κ2) is 4.39. The Hall–Kier alpha value is -0.800. The van der Waals surface area contributed by atoms with E-state index in [1.807, 2.05) is 0 Å².